The van der Waals surface area contributed by atoms with E-state index in [0.29, 0.717) is 0 Å². The van der Waals surface area contributed by atoms with E-state index in [0.717, 1.165) is 54.2 Å². The van der Waals surface area contributed by atoms with Gasteiger partial charge in [-0.05, 0) is 62.8 Å². The molecule has 0 saturated carbocycles. The summed E-state index contributed by atoms with van der Waals surface area (Å²) in [6.45, 7) is 3.57. The summed E-state index contributed by atoms with van der Waals surface area (Å²) in [6, 6.07) is 6.32. The minimum absolute atomic E-state index is 0.196. The van der Waals surface area contributed by atoms with Crippen molar-refractivity contribution in [2.45, 2.75) is 45.1 Å². The highest BCUT2D eigenvalue weighted by Gasteiger charge is 2.31. The van der Waals surface area contributed by atoms with E-state index in [1.165, 1.54) is 23.3 Å². The molecule has 0 spiro atoms. The number of amides is 1. The molecule has 0 aromatic carbocycles. The van der Waals surface area contributed by atoms with Crippen LogP contribution < -0.4 is 0 Å². The molecule has 1 saturated heterocycles. The van der Waals surface area contributed by atoms with Crippen molar-refractivity contribution >= 4 is 28.4 Å². The molecule has 0 radical (unpaired) electrons. The molecule has 5 nitrogen and oxygen atoms in total. The quantitative estimate of drug-likeness (QED) is 0.694. The highest BCUT2D eigenvalue weighted by Crippen LogP contribution is 2.33. The van der Waals surface area contributed by atoms with E-state index in [1.54, 1.807) is 11.3 Å². The van der Waals surface area contributed by atoms with Crippen molar-refractivity contribution in [3.63, 3.8) is 0 Å². The van der Waals surface area contributed by atoms with Crippen molar-refractivity contribution in [1.29, 1.82) is 0 Å². The number of rotatable bonds is 2. The maximum absolute atomic E-state index is 13.0. The Kier molecular flexibility index (Phi) is 3.81. The number of likely N-dealkylation sites (tertiary alicyclic amines) is 1. The first kappa shape index (κ1) is 16.0. The maximum Gasteiger partial charge on any atom is 0.264 e. The first-order valence-electron chi connectivity index (χ1n) is 9.41. The number of hydrogen-bond donors (Lipinski definition) is 0. The fraction of sp³-hybridized carbons (Fsp3) is 0.450. The van der Waals surface area contributed by atoms with E-state index in [9.17, 15) is 4.79 Å². The Hall–Kier alpha value is -2.21. The molecule has 5 rings (SSSR count). The van der Waals surface area contributed by atoms with Gasteiger partial charge in [0.1, 0.15) is 11.3 Å². The van der Waals surface area contributed by atoms with Gasteiger partial charge in [-0.3, -0.25) is 4.79 Å². The van der Waals surface area contributed by atoms with Gasteiger partial charge in [-0.25, -0.2) is 9.97 Å². The Morgan fingerprint density at radius 1 is 1.31 bits per heavy atom. The zero-order valence-corrected chi connectivity index (χ0v) is 15.8. The summed E-state index contributed by atoms with van der Waals surface area (Å²) in [5.41, 5.74) is 3.26. The summed E-state index contributed by atoms with van der Waals surface area (Å²) in [7, 11) is 0. The summed E-state index contributed by atoms with van der Waals surface area (Å²) >= 11 is 1.71. The average Bonchev–Trinajstić information content (AvgIpc) is 3.36. The number of thiophene rings is 1. The molecule has 0 bridgehead atoms. The molecular weight excluding hydrogens is 344 g/mol. The molecular formula is C20H22N4OS. The first-order valence-corrected chi connectivity index (χ1v) is 10.2. The molecule has 1 aliphatic heterocycles. The zero-order valence-electron chi connectivity index (χ0n) is 14.9. The third-order valence-electron chi connectivity index (χ3n) is 5.65. The molecule has 4 heterocycles. The van der Waals surface area contributed by atoms with Gasteiger partial charge in [0, 0.05) is 24.2 Å². The molecule has 134 valence electrons. The van der Waals surface area contributed by atoms with E-state index < -0.39 is 0 Å². The van der Waals surface area contributed by atoms with Crippen LogP contribution in [0.3, 0.4) is 0 Å². The number of carbonyl (C=O) groups excluding carboxylic acids is 1. The molecule has 1 aliphatic carbocycles. The van der Waals surface area contributed by atoms with Gasteiger partial charge in [-0.1, -0.05) is 0 Å². The van der Waals surface area contributed by atoms with E-state index in [-0.39, 0.29) is 11.9 Å². The lowest BCUT2D eigenvalue weighted by Gasteiger charge is -2.17. The van der Waals surface area contributed by atoms with Gasteiger partial charge < -0.3 is 9.47 Å². The molecule has 1 amide bonds. The van der Waals surface area contributed by atoms with E-state index in [4.69, 9.17) is 0 Å². The van der Waals surface area contributed by atoms with Crippen LogP contribution in [0.5, 0.6) is 0 Å². The van der Waals surface area contributed by atoms with Crippen LogP contribution in [0.2, 0.25) is 0 Å². The largest absolute Gasteiger partial charge is 0.336 e. The number of aryl methyl sites for hydroxylation is 3. The number of imidazole rings is 1. The van der Waals surface area contributed by atoms with Crippen molar-refractivity contribution in [2.75, 3.05) is 13.1 Å². The smallest absolute Gasteiger partial charge is 0.264 e. The van der Waals surface area contributed by atoms with Gasteiger partial charge in [0.2, 0.25) is 0 Å². The lowest BCUT2D eigenvalue weighted by Crippen LogP contribution is -2.28. The Morgan fingerprint density at radius 3 is 3.08 bits per heavy atom. The highest BCUT2D eigenvalue weighted by molar-refractivity contribution is 7.14. The Morgan fingerprint density at radius 2 is 2.19 bits per heavy atom. The Balaban J connectivity index is 1.39. The van der Waals surface area contributed by atoms with Crippen LogP contribution in [0.1, 0.15) is 51.2 Å². The molecule has 1 unspecified atom stereocenters. The predicted molar refractivity (Wildman–Crippen MR) is 103 cm³/mol. The normalized spacial score (nSPS) is 19.9. The number of hydrogen-bond acceptors (Lipinski definition) is 4. The van der Waals surface area contributed by atoms with Crippen LogP contribution in [-0.4, -0.2) is 38.4 Å². The molecule has 0 N–H and O–H groups in total. The monoisotopic (exact) mass is 366 g/mol. The van der Waals surface area contributed by atoms with Gasteiger partial charge in [-0.15, -0.1) is 11.3 Å². The minimum atomic E-state index is 0.196. The minimum Gasteiger partial charge on any atom is -0.336 e. The van der Waals surface area contributed by atoms with Crippen molar-refractivity contribution < 1.29 is 4.79 Å². The van der Waals surface area contributed by atoms with Gasteiger partial charge in [0.25, 0.3) is 5.91 Å². The second-order valence-electron chi connectivity index (χ2n) is 7.33. The van der Waals surface area contributed by atoms with E-state index in [1.807, 2.05) is 30.2 Å². The van der Waals surface area contributed by atoms with Crippen molar-refractivity contribution in [2.24, 2.45) is 0 Å². The van der Waals surface area contributed by atoms with Crippen LogP contribution >= 0.6 is 11.3 Å². The zero-order chi connectivity index (χ0) is 17.7. The van der Waals surface area contributed by atoms with Gasteiger partial charge in [-0.2, -0.15) is 0 Å². The van der Waals surface area contributed by atoms with Crippen molar-refractivity contribution in [1.82, 2.24) is 19.4 Å². The topological polar surface area (TPSA) is 51.0 Å². The number of aromatic nitrogens is 3. The number of nitrogens with zero attached hydrogens (tertiary/aromatic N) is 4. The fourth-order valence-electron chi connectivity index (χ4n) is 4.37. The third kappa shape index (κ3) is 2.55. The number of pyridine rings is 1. The molecule has 3 aromatic rings. The fourth-order valence-corrected chi connectivity index (χ4v) is 5.59. The summed E-state index contributed by atoms with van der Waals surface area (Å²) in [5.74, 6) is 1.17. The van der Waals surface area contributed by atoms with Crippen LogP contribution in [0.25, 0.3) is 11.2 Å². The Labute approximate surface area is 156 Å². The molecule has 1 fully saturated rings. The van der Waals surface area contributed by atoms with Crippen LogP contribution in [0, 0.1) is 6.92 Å². The van der Waals surface area contributed by atoms with Crippen molar-refractivity contribution in [3.8, 4) is 0 Å². The van der Waals surface area contributed by atoms with Crippen molar-refractivity contribution in [3.05, 3.63) is 45.5 Å². The molecule has 6 heteroatoms. The Bertz CT molecular complexity index is 966. The number of fused-ring (bicyclic) bond motifs is 2. The van der Waals surface area contributed by atoms with Gasteiger partial charge in [0.05, 0.1) is 10.9 Å². The predicted octanol–water partition coefficient (Wildman–Crippen LogP) is 3.77. The summed E-state index contributed by atoms with van der Waals surface area (Å²) < 4.78 is 2.21. The number of carbonyl (C=O) groups is 1. The average molecular weight is 366 g/mol. The third-order valence-corrected chi connectivity index (χ3v) is 6.87. The standard InChI is InChI=1S/C20H22N4OS/c1-13-22-16-6-4-9-21-19(16)24(13)15-8-10-23(12-15)20(25)18-11-14-5-2-3-7-17(14)26-18/h4,6,9,11,15H,2-3,5,7-8,10,12H2,1H3. The molecule has 3 aromatic heterocycles. The summed E-state index contributed by atoms with van der Waals surface area (Å²) in [5, 5.41) is 0. The van der Waals surface area contributed by atoms with Crippen LogP contribution in [-0.2, 0) is 12.8 Å². The first-order chi connectivity index (χ1) is 12.7. The van der Waals surface area contributed by atoms with Crippen LogP contribution in [0.4, 0.5) is 0 Å². The lowest BCUT2D eigenvalue weighted by molar-refractivity contribution is 0.0792. The second kappa shape index (κ2) is 6.20. The second-order valence-corrected chi connectivity index (χ2v) is 8.47. The highest BCUT2D eigenvalue weighted by atomic mass is 32.1. The summed E-state index contributed by atoms with van der Waals surface area (Å²) in [4.78, 5) is 26.5. The van der Waals surface area contributed by atoms with Gasteiger partial charge >= 0.3 is 0 Å². The van der Waals surface area contributed by atoms with E-state index >= 15 is 0 Å². The molecule has 1 atom stereocenters. The summed E-state index contributed by atoms with van der Waals surface area (Å²) in [6.07, 6.45) is 7.55. The lowest BCUT2D eigenvalue weighted by atomic mass is 9.99. The van der Waals surface area contributed by atoms with Gasteiger partial charge in [0.15, 0.2) is 5.65 Å². The molecule has 2 aliphatic rings. The van der Waals surface area contributed by atoms with Crippen LogP contribution in [0.15, 0.2) is 24.4 Å². The maximum atomic E-state index is 13.0. The van der Waals surface area contributed by atoms with E-state index in [2.05, 4.69) is 20.6 Å². The SMILES string of the molecule is Cc1nc2cccnc2n1C1CCN(C(=O)c2cc3c(s2)CCCC3)C1. The molecule has 26 heavy (non-hydrogen) atoms.